The highest BCUT2D eigenvalue weighted by Gasteiger charge is 2.32. The fraction of sp³-hybridized carbons (Fsp3) is 0.200. The Kier molecular flexibility index (Phi) is 5.43. The average molecular weight is 361 g/mol. The number of alkyl halides is 3. The molecule has 0 radical (unpaired) electrons. The van der Waals surface area contributed by atoms with Gasteiger partial charge in [0.05, 0.1) is 16.4 Å². The van der Waals surface area contributed by atoms with Gasteiger partial charge in [-0.15, -0.1) is 17.9 Å². The first kappa shape index (κ1) is 17.5. The smallest absolute Gasteiger partial charge is 0.330 e. The minimum atomic E-state index is -4.53. The highest BCUT2D eigenvalue weighted by molar-refractivity contribution is 7.16. The molecule has 0 aliphatic carbocycles. The zero-order chi connectivity index (χ0) is 17.0. The topological polar surface area (TPSA) is 33.2 Å². The minimum absolute atomic E-state index is 0.0857. The summed E-state index contributed by atoms with van der Waals surface area (Å²) in [5, 5.41) is 0. The molecule has 0 saturated carbocycles. The number of carbonyl (C=O) groups is 1. The predicted octanol–water partition coefficient (Wildman–Crippen LogP) is 4.64. The Hall–Kier alpha value is -1.86. The van der Waals surface area contributed by atoms with E-state index in [0.717, 1.165) is 23.2 Å². The van der Waals surface area contributed by atoms with Crippen molar-refractivity contribution in [1.82, 2.24) is 9.88 Å². The van der Waals surface area contributed by atoms with Crippen LogP contribution < -0.4 is 0 Å². The SMILES string of the molecule is C=CCN(Cc1ccc(Cl)s1)C(=O)c1ccc(C(F)(F)F)nc1. The summed E-state index contributed by atoms with van der Waals surface area (Å²) < 4.78 is 38.1. The molecule has 0 aliphatic heterocycles. The maximum absolute atomic E-state index is 12.5. The molecular formula is C15H12ClF3N2OS. The molecule has 0 bridgehead atoms. The summed E-state index contributed by atoms with van der Waals surface area (Å²) in [7, 11) is 0. The highest BCUT2D eigenvalue weighted by Crippen LogP contribution is 2.27. The standard InChI is InChI=1S/C15H12ClF3N2OS/c1-2-7-21(9-11-4-6-13(16)23-11)14(22)10-3-5-12(20-8-10)15(17,18)19/h2-6,8H,1,7,9H2. The van der Waals surface area contributed by atoms with Crippen LogP contribution in [-0.2, 0) is 12.7 Å². The van der Waals surface area contributed by atoms with Gasteiger partial charge in [-0.3, -0.25) is 9.78 Å². The third kappa shape index (κ3) is 4.56. The van der Waals surface area contributed by atoms with Gasteiger partial charge in [0, 0.05) is 17.6 Å². The average Bonchev–Trinajstić information content (AvgIpc) is 2.90. The van der Waals surface area contributed by atoms with E-state index < -0.39 is 17.8 Å². The molecule has 2 rings (SSSR count). The molecular weight excluding hydrogens is 349 g/mol. The number of hydrogen-bond donors (Lipinski definition) is 0. The van der Waals surface area contributed by atoms with Gasteiger partial charge in [0.15, 0.2) is 0 Å². The number of halogens is 4. The van der Waals surface area contributed by atoms with Gasteiger partial charge in [-0.1, -0.05) is 17.7 Å². The summed E-state index contributed by atoms with van der Waals surface area (Å²) >= 11 is 7.19. The second-order valence-electron chi connectivity index (χ2n) is 4.61. The first-order chi connectivity index (χ1) is 10.8. The van der Waals surface area contributed by atoms with Gasteiger partial charge in [-0.25, -0.2) is 0 Å². The lowest BCUT2D eigenvalue weighted by atomic mass is 10.2. The first-order valence-corrected chi connectivity index (χ1v) is 7.68. The largest absolute Gasteiger partial charge is 0.433 e. The zero-order valence-electron chi connectivity index (χ0n) is 11.8. The van der Waals surface area contributed by atoms with Gasteiger partial charge < -0.3 is 4.90 Å². The van der Waals surface area contributed by atoms with Gasteiger partial charge in [0.1, 0.15) is 5.69 Å². The summed E-state index contributed by atoms with van der Waals surface area (Å²) in [6, 6.07) is 5.43. The van der Waals surface area contributed by atoms with Gasteiger partial charge in [-0.05, 0) is 24.3 Å². The van der Waals surface area contributed by atoms with Crippen LogP contribution in [0, 0.1) is 0 Å². The third-order valence-electron chi connectivity index (χ3n) is 2.91. The van der Waals surface area contributed by atoms with E-state index in [-0.39, 0.29) is 12.1 Å². The van der Waals surface area contributed by atoms with Crippen LogP contribution in [0.25, 0.3) is 0 Å². The van der Waals surface area contributed by atoms with Gasteiger partial charge in [0.25, 0.3) is 5.91 Å². The van der Waals surface area contributed by atoms with Crippen molar-refractivity contribution in [2.24, 2.45) is 0 Å². The minimum Gasteiger partial charge on any atom is -0.330 e. The van der Waals surface area contributed by atoms with Crippen molar-refractivity contribution in [3.05, 3.63) is 63.6 Å². The van der Waals surface area contributed by atoms with Crippen LogP contribution >= 0.6 is 22.9 Å². The number of carbonyl (C=O) groups excluding carboxylic acids is 1. The molecule has 2 aromatic heterocycles. The molecule has 23 heavy (non-hydrogen) atoms. The maximum Gasteiger partial charge on any atom is 0.433 e. The molecule has 0 aromatic carbocycles. The van der Waals surface area contributed by atoms with Crippen LogP contribution in [0.1, 0.15) is 20.9 Å². The van der Waals surface area contributed by atoms with Crippen molar-refractivity contribution in [2.75, 3.05) is 6.54 Å². The van der Waals surface area contributed by atoms with E-state index in [9.17, 15) is 18.0 Å². The molecule has 0 aliphatic rings. The van der Waals surface area contributed by atoms with E-state index in [0.29, 0.717) is 10.9 Å². The quantitative estimate of drug-likeness (QED) is 0.727. The van der Waals surface area contributed by atoms with Crippen molar-refractivity contribution >= 4 is 28.8 Å². The third-order valence-corrected chi connectivity index (χ3v) is 4.13. The number of aromatic nitrogens is 1. The first-order valence-electron chi connectivity index (χ1n) is 6.49. The molecule has 0 spiro atoms. The summed E-state index contributed by atoms with van der Waals surface area (Å²) in [4.78, 5) is 18.1. The fourth-order valence-corrected chi connectivity index (χ4v) is 2.97. The van der Waals surface area contributed by atoms with Crippen LogP contribution in [-0.4, -0.2) is 22.3 Å². The van der Waals surface area contributed by atoms with Crippen LogP contribution in [0.3, 0.4) is 0 Å². The summed E-state index contributed by atoms with van der Waals surface area (Å²) in [5.74, 6) is -0.421. The fourth-order valence-electron chi connectivity index (χ4n) is 1.87. The number of rotatable bonds is 5. The lowest BCUT2D eigenvalue weighted by Gasteiger charge is -2.20. The molecule has 2 aromatic rings. The summed E-state index contributed by atoms with van der Waals surface area (Å²) in [6.45, 7) is 4.14. The summed E-state index contributed by atoms with van der Waals surface area (Å²) in [6.07, 6.45) is -2.05. The molecule has 1 amide bonds. The number of hydrogen-bond acceptors (Lipinski definition) is 3. The van der Waals surface area contributed by atoms with Crippen molar-refractivity contribution in [3.8, 4) is 0 Å². The van der Waals surface area contributed by atoms with Crippen molar-refractivity contribution in [1.29, 1.82) is 0 Å². The molecule has 3 nitrogen and oxygen atoms in total. The van der Waals surface area contributed by atoms with E-state index in [2.05, 4.69) is 11.6 Å². The Labute approximate surface area is 140 Å². The zero-order valence-corrected chi connectivity index (χ0v) is 13.4. The van der Waals surface area contributed by atoms with Crippen molar-refractivity contribution < 1.29 is 18.0 Å². The van der Waals surface area contributed by atoms with Gasteiger partial charge >= 0.3 is 6.18 Å². The second-order valence-corrected chi connectivity index (χ2v) is 6.41. The molecule has 2 heterocycles. The molecule has 8 heteroatoms. The summed E-state index contributed by atoms with van der Waals surface area (Å²) in [5.41, 5.74) is -0.947. The lowest BCUT2D eigenvalue weighted by molar-refractivity contribution is -0.141. The van der Waals surface area contributed by atoms with Gasteiger partial charge in [0.2, 0.25) is 0 Å². The molecule has 0 atom stereocenters. The van der Waals surface area contributed by atoms with E-state index in [1.165, 1.54) is 16.2 Å². The van der Waals surface area contributed by atoms with Crippen molar-refractivity contribution in [3.63, 3.8) is 0 Å². The Balaban J connectivity index is 2.18. The normalized spacial score (nSPS) is 11.3. The Morgan fingerprint density at radius 3 is 2.57 bits per heavy atom. The number of nitrogens with zero attached hydrogens (tertiary/aromatic N) is 2. The monoisotopic (exact) mass is 360 g/mol. The highest BCUT2D eigenvalue weighted by atomic mass is 35.5. The van der Waals surface area contributed by atoms with E-state index in [1.54, 1.807) is 18.2 Å². The number of amides is 1. The van der Waals surface area contributed by atoms with E-state index in [1.807, 2.05) is 0 Å². The predicted molar refractivity (Wildman–Crippen MR) is 83.5 cm³/mol. The lowest BCUT2D eigenvalue weighted by Crippen LogP contribution is -2.30. The Morgan fingerprint density at radius 2 is 2.09 bits per heavy atom. The number of pyridine rings is 1. The van der Waals surface area contributed by atoms with Crippen LogP contribution in [0.4, 0.5) is 13.2 Å². The van der Waals surface area contributed by atoms with E-state index in [4.69, 9.17) is 11.6 Å². The Bertz CT molecular complexity index is 697. The second kappa shape index (κ2) is 7.14. The van der Waals surface area contributed by atoms with Crippen LogP contribution in [0.15, 0.2) is 43.1 Å². The maximum atomic E-state index is 12.5. The molecule has 0 saturated heterocycles. The van der Waals surface area contributed by atoms with Gasteiger partial charge in [-0.2, -0.15) is 13.2 Å². The van der Waals surface area contributed by atoms with Crippen LogP contribution in [0.2, 0.25) is 4.34 Å². The molecule has 0 fully saturated rings. The number of thiophene rings is 1. The molecule has 122 valence electrons. The van der Waals surface area contributed by atoms with Crippen LogP contribution in [0.5, 0.6) is 0 Å². The molecule has 0 N–H and O–H groups in total. The molecule has 0 unspecified atom stereocenters. The van der Waals surface area contributed by atoms with E-state index >= 15 is 0 Å². The van der Waals surface area contributed by atoms with Crippen molar-refractivity contribution in [2.45, 2.75) is 12.7 Å². The Morgan fingerprint density at radius 1 is 1.35 bits per heavy atom.